The second kappa shape index (κ2) is 10.4. The second-order valence-electron chi connectivity index (χ2n) is 7.25. The van der Waals surface area contributed by atoms with Crippen molar-refractivity contribution >= 4 is 29.0 Å². The Balaban J connectivity index is 1.66. The molecule has 0 saturated carbocycles. The van der Waals surface area contributed by atoms with Crippen molar-refractivity contribution in [2.75, 3.05) is 20.3 Å². The van der Waals surface area contributed by atoms with Gasteiger partial charge in [0.15, 0.2) is 11.5 Å². The van der Waals surface area contributed by atoms with E-state index in [1.54, 1.807) is 19.3 Å². The van der Waals surface area contributed by atoms with Gasteiger partial charge in [0, 0.05) is 0 Å². The number of ether oxygens (including phenoxy) is 3. The molecular formula is C24H27NO5S. The maximum Gasteiger partial charge on any atom is 0.293 e. The van der Waals surface area contributed by atoms with E-state index in [4.69, 9.17) is 14.2 Å². The van der Waals surface area contributed by atoms with Crippen molar-refractivity contribution in [3.05, 3.63) is 58.5 Å². The van der Waals surface area contributed by atoms with E-state index in [0.29, 0.717) is 22.2 Å². The minimum absolute atomic E-state index is 0.0678. The van der Waals surface area contributed by atoms with Crippen LogP contribution in [0.25, 0.3) is 6.08 Å². The molecule has 164 valence electrons. The Morgan fingerprint density at radius 3 is 2.65 bits per heavy atom. The maximum absolute atomic E-state index is 12.7. The molecule has 0 spiro atoms. The predicted octanol–water partition coefficient (Wildman–Crippen LogP) is 5.30. The van der Waals surface area contributed by atoms with Crippen molar-refractivity contribution in [1.82, 2.24) is 4.90 Å². The molecule has 1 heterocycles. The van der Waals surface area contributed by atoms with Crippen LogP contribution in [0.2, 0.25) is 0 Å². The lowest BCUT2D eigenvalue weighted by Gasteiger charge is -2.16. The number of imide groups is 1. The molecule has 1 fully saturated rings. The smallest absolute Gasteiger partial charge is 0.293 e. The highest BCUT2D eigenvalue weighted by Gasteiger charge is 2.34. The zero-order valence-electron chi connectivity index (χ0n) is 18.2. The molecule has 2 aromatic rings. The van der Waals surface area contributed by atoms with Gasteiger partial charge in [0.1, 0.15) is 12.4 Å². The van der Waals surface area contributed by atoms with Gasteiger partial charge in [0.25, 0.3) is 11.1 Å². The summed E-state index contributed by atoms with van der Waals surface area (Å²) in [7, 11) is 1.57. The molecule has 0 N–H and O–H groups in total. The number of thioether (sulfide) groups is 1. The summed E-state index contributed by atoms with van der Waals surface area (Å²) in [5.74, 6) is 1.63. The lowest BCUT2D eigenvalue weighted by Crippen LogP contribution is -2.32. The van der Waals surface area contributed by atoms with E-state index in [9.17, 15) is 9.59 Å². The molecule has 7 heteroatoms. The minimum Gasteiger partial charge on any atom is -0.493 e. The van der Waals surface area contributed by atoms with Crippen molar-refractivity contribution in [2.45, 2.75) is 33.3 Å². The summed E-state index contributed by atoms with van der Waals surface area (Å²) in [6.07, 6.45) is 2.64. The summed E-state index contributed by atoms with van der Waals surface area (Å²) >= 11 is 0.928. The van der Waals surface area contributed by atoms with Gasteiger partial charge in [-0.25, -0.2) is 0 Å². The predicted molar refractivity (Wildman–Crippen MR) is 123 cm³/mol. The molecule has 6 nitrogen and oxygen atoms in total. The van der Waals surface area contributed by atoms with Crippen molar-refractivity contribution in [1.29, 1.82) is 0 Å². The molecule has 0 radical (unpaired) electrons. The van der Waals surface area contributed by atoms with Crippen molar-refractivity contribution in [3.63, 3.8) is 0 Å². The molecule has 2 aromatic carbocycles. The highest BCUT2D eigenvalue weighted by Crippen LogP contribution is 2.34. The summed E-state index contributed by atoms with van der Waals surface area (Å²) in [5.41, 5.74) is 1.84. The first-order valence-corrected chi connectivity index (χ1v) is 11.0. The van der Waals surface area contributed by atoms with E-state index in [2.05, 4.69) is 0 Å². The van der Waals surface area contributed by atoms with E-state index in [1.807, 2.05) is 57.2 Å². The van der Waals surface area contributed by atoms with Crippen LogP contribution >= 0.6 is 11.8 Å². The molecule has 0 aliphatic carbocycles. The minimum atomic E-state index is -0.318. The average molecular weight is 442 g/mol. The Bertz CT molecular complexity index is 988. The number of benzene rings is 2. The lowest BCUT2D eigenvalue weighted by molar-refractivity contribution is -0.123. The van der Waals surface area contributed by atoms with Gasteiger partial charge in [-0.2, -0.15) is 0 Å². The van der Waals surface area contributed by atoms with E-state index in [1.165, 1.54) is 4.90 Å². The van der Waals surface area contributed by atoms with Crippen LogP contribution in [-0.4, -0.2) is 42.4 Å². The lowest BCUT2D eigenvalue weighted by atomic mass is 10.1. The molecule has 1 aliphatic heterocycles. The molecule has 1 unspecified atom stereocenters. The Hall–Kier alpha value is -2.93. The molecule has 3 rings (SSSR count). The van der Waals surface area contributed by atoms with Crippen molar-refractivity contribution in [2.24, 2.45) is 0 Å². The third-order valence-corrected chi connectivity index (χ3v) is 5.74. The Morgan fingerprint density at radius 1 is 1.13 bits per heavy atom. The van der Waals surface area contributed by atoms with Crippen molar-refractivity contribution in [3.8, 4) is 17.2 Å². The molecule has 0 bridgehead atoms. The number of carbonyl (C=O) groups excluding carboxylic acids is 2. The quantitative estimate of drug-likeness (QED) is 0.492. The van der Waals surface area contributed by atoms with Crippen LogP contribution in [0.4, 0.5) is 4.79 Å². The zero-order valence-corrected chi connectivity index (χ0v) is 19.0. The Labute approximate surface area is 187 Å². The number of hydrogen-bond donors (Lipinski definition) is 0. The van der Waals surface area contributed by atoms with Crippen LogP contribution in [0, 0.1) is 6.92 Å². The number of amides is 2. The largest absolute Gasteiger partial charge is 0.493 e. The van der Waals surface area contributed by atoms with Crippen LogP contribution in [0.1, 0.15) is 31.4 Å². The van der Waals surface area contributed by atoms with Crippen LogP contribution in [0.3, 0.4) is 0 Å². The summed E-state index contributed by atoms with van der Waals surface area (Å²) in [4.78, 5) is 26.7. The van der Waals surface area contributed by atoms with E-state index >= 15 is 0 Å². The topological polar surface area (TPSA) is 65.1 Å². The number of methoxy groups -OCH3 is 1. The molecule has 1 saturated heterocycles. The standard InChI is InChI=1S/C24H27NO5S/c1-5-17(3)30-20-10-9-18(14-21(20)28-4)15-22-23(26)25(24(27)31-22)11-12-29-19-8-6-7-16(2)13-19/h6-10,13-15,17H,5,11-12H2,1-4H3/b22-15-. The number of hydrogen-bond acceptors (Lipinski definition) is 6. The fraction of sp³-hybridized carbons (Fsp3) is 0.333. The highest BCUT2D eigenvalue weighted by atomic mass is 32.2. The third kappa shape index (κ3) is 5.82. The van der Waals surface area contributed by atoms with Gasteiger partial charge < -0.3 is 14.2 Å². The molecule has 31 heavy (non-hydrogen) atoms. The van der Waals surface area contributed by atoms with Gasteiger partial charge in [-0.15, -0.1) is 0 Å². The van der Waals surface area contributed by atoms with Gasteiger partial charge in [-0.1, -0.05) is 25.1 Å². The van der Waals surface area contributed by atoms with Gasteiger partial charge in [0.2, 0.25) is 0 Å². The fourth-order valence-electron chi connectivity index (χ4n) is 2.98. The number of carbonyl (C=O) groups is 2. The first-order valence-electron chi connectivity index (χ1n) is 10.2. The Kier molecular flexibility index (Phi) is 7.63. The molecule has 1 aliphatic rings. The monoisotopic (exact) mass is 441 g/mol. The zero-order chi connectivity index (χ0) is 22.4. The summed E-state index contributed by atoms with van der Waals surface area (Å²) in [6, 6.07) is 13.1. The molecule has 0 aromatic heterocycles. The average Bonchev–Trinajstić information content (AvgIpc) is 3.02. The van der Waals surface area contributed by atoms with Gasteiger partial charge in [0.05, 0.1) is 24.7 Å². The highest BCUT2D eigenvalue weighted by molar-refractivity contribution is 8.18. The number of nitrogens with zero attached hydrogens (tertiary/aromatic N) is 1. The van der Waals surface area contributed by atoms with E-state index in [0.717, 1.165) is 29.3 Å². The normalized spacial score (nSPS) is 16.0. The van der Waals surface area contributed by atoms with Crippen LogP contribution in [0.5, 0.6) is 17.2 Å². The van der Waals surface area contributed by atoms with Crippen molar-refractivity contribution < 1.29 is 23.8 Å². The SMILES string of the molecule is CCC(C)Oc1ccc(/C=C2\SC(=O)N(CCOc3cccc(C)c3)C2=O)cc1OC. The molecule has 2 amide bonds. The summed E-state index contributed by atoms with van der Waals surface area (Å²) in [6.45, 7) is 6.46. The van der Waals surface area contributed by atoms with E-state index in [-0.39, 0.29) is 30.4 Å². The van der Waals surface area contributed by atoms with Gasteiger partial charge >= 0.3 is 0 Å². The maximum atomic E-state index is 12.7. The number of aryl methyl sites for hydroxylation is 1. The first-order chi connectivity index (χ1) is 14.9. The van der Waals surface area contributed by atoms with Gasteiger partial charge in [-0.05, 0) is 73.5 Å². The van der Waals surface area contributed by atoms with Crippen LogP contribution in [-0.2, 0) is 4.79 Å². The van der Waals surface area contributed by atoms with Gasteiger partial charge in [-0.3, -0.25) is 14.5 Å². The third-order valence-electron chi connectivity index (χ3n) is 4.84. The summed E-state index contributed by atoms with van der Waals surface area (Å²) < 4.78 is 17.0. The fourth-order valence-corrected chi connectivity index (χ4v) is 3.84. The van der Waals surface area contributed by atoms with Crippen LogP contribution < -0.4 is 14.2 Å². The first kappa shape index (κ1) is 22.7. The van der Waals surface area contributed by atoms with E-state index < -0.39 is 0 Å². The second-order valence-corrected chi connectivity index (χ2v) is 8.24. The number of rotatable bonds is 9. The molecule has 1 atom stereocenters. The Morgan fingerprint density at radius 2 is 1.94 bits per heavy atom. The van der Waals surface area contributed by atoms with Crippen LogP contribution in [0.15, 0.2) is 47.4 Å². The summed E-state index contributed by atoms with van der Waals surface area (Å²) in [5, 5.41) is -0.298. The molecular weight excluding hydrogens is 414 g/mol.